The summed E-state index contributed by atoms with van der Waals surface area (Å²) < 4.78 is 11.1. The molecule has 6 heteroatoms. The first-order chi connectivity index (χ1) is 14.2. The van der Waals surface area contributed by atoms with E-state index in [1.807, 2.05) is 60.7 Å². The van der Waals surface area contributed by atoms with Crippen LogP contribution in [0.4, 0.5) is 5.69 Å². The highest BCUT2D eigenvalue weighted by atomic mass is 16.5. The van der Waals surface area contributed by atoms with Crippen molar-refractivity contribution in [3.8, 4) is 11.5 Å². The van der Waals surface area contributed by atoms with Crippen molar-refractivity contribution in [2.45, 2.75) is 6.42 Å². The van der Waals surface area contributed by atoms with Crippen molar-refractivity contribution in [1.82, 2.24) is 5.32 Å². The van der Waals surface area contributed by atoms with Crippen molar-refractivity contribution in [3.05, 3.63) is 66.7 Å². The third kappa shape index (κ3) is 4.48. The van der Waals surface area contributed by atoms with Gasteiger partial charge in [-0.05, 0) is 35.0 Å². The summed E-state index contributed by atoms with van der Waals surface area (Å²) in [5.74, 6) is 1.17. The number of benzene rings is 3. The molecular formula is C23H22N2O4. The summed E-state index contributed by atoms with van der Waals surface area (Å²) in [6.07, 6.45) is 0.218. The number of hydrogen-bond acceptors (Lipinski definition) is 4. The SMILES string of the molecule is O=C(CCN1C(=O)COc2ccccc21)NCCOc1ccc2ccccc2c1. The molecular weight excluding hydrogens is 368 g/mol. The fourth-order valence-corrected chi connectivity index (χ4v) is 3.32. The van der Waals surface area contributed by atoms with E-state index in [-0.39, 0.29) is 24.8 Å². The van der Waals surface area contributed by atoms with Crippen LogP contribution in [0.25, 0.3) is 10.8 Å². The lowest BCUT2D eigenvalue weighted by Gasteiger charge is -2.29. The lowest BCUT2D eigenvalue weighted by atomic mass is 10.1. The summed E-state index contributed by atoms with van der Waals surface area (Å²) in [5, 5.41) is 5.11. The maximum absolute atomic E-state index is 12.2. The van der Waals surface area contributed by atoms with Gasteiger partial charge in [-0.1, -0.05) is 42.5 Å². The molecule has 2 amide bonds. The summed E-state index contributed by atoms with van der Waals surface area (Å²) in [6.45, 7) is 1.09. The van der Waals surface area contributed by atoms with Gasteiger partial charge in [0.05, 0.1) is 12.2 Å². The van der Waals surface area contributed by atoms with Crippen LogP contribution in [0.15, 0.2) is 66.7 Å². The number of fused-ring (bicyclic) bond motifs is 2. The zero-order chi connectivity index (χ0) is 20.1. The van der Waals surface area contributed by atoms with E-state index < -0.39 is 0 Å². The van der Waals surface area contributed by atoms with E-state index in [2.05, 4.69) is 11.4 Å². The number of nitrogens with zero attached hydrogens (tertiary/aromatic N) is 1. The minimum Gasteiger partial charge on any atom is -0.492 e. The average Bonchev–Trinajstić information content (AvgIpc) is 2.76. The average molecular weight is 390 g/mol. The standard InChI is InChI=1S/C23H22N2O4/c26-22(11-13-25-20-7-3-4-8-21(20)29-16-23(25)27)24-12-14-28-19-10-9-17-5-1-2-6-18(17)15-19/h1-10,15H,11-14,16H2,(H,24,26). The van der Waals surface area contributed by atoms with Crippen LogP contribution in [-0.2, 0) is 9.59 Å². The molecule has 0 aliphatic carbocycles. The van der Waals surface area contributed by atoms with E-state index in [0.29, 0.717) is 31.1 Å². The van der Waals surface area contributed by atoms with Gasteiger partial charge in [0.2, 0.25) is 5.91 Å². The first-order valence-corrected chi connectivity index (χ1v) is 9.61. The highest BCUT2D eigenvalue weighted by Gasteiger charge is 2.25. The Morgan fingerprint density at radius 3 is 2.72 bits per heavy atom. The molecule has 29 heavy (non-hydrogen) atoms. The van der Waals surface area contributed by atoms with Crippen molar-refractivity contribution < 1.29 is 19.1 Å². The predicted molar refractivity (Wildman–Crippen MR) is 111 cm³/mol. The largest absolute Gasteiger partial charge is 0.492 e. The lowest BCUT2D eigenvalue weighted by molar-refractivity contribution is -0.122. The van der Waals surface area contributed by atoms with E-state index in [9.17, 15) is 9.59 Å². The molecule has 0 spiro atoms. The van der Waals surface area contributed by atoms with Crippen molar-refractivity contribution in [1.29, 1.82) is 0 Å². The highest BCUT2D eigenvalue weighted by Crippen LogP contribution is 2.31. The first kappa shape index (κ1) is 18.8. The van der Waals surface area contributed by atoms with Crippen molar-refractivity contribution in [2.75, 3.05) is 31.2 Å². The Morgan fingerprint density at radius 2 is 1.83 bits per heavy atom. The van der Waals surface area contributed by atoms with Gasteiger partial charge in [-0.25, -0.2) is 0 Å². The van der Waals surface area contributed by atoms with Crippen LogP contribution in [0, 0.1) is 0 Å². The molecule has 3 aromatic rings. The Kier molecular flexibility index (Phi) is 5.61. The summed E-state index contributed by atoms with van der Waals surface area (Å²) in [5.41, 5.74) is 0.705. The smallest absolute Gasteiger partial charge is 0.265 e. The van der Waals surface area contributed by atoms with E-state index in [0.717, 1.165) is 16.5 Å². The normalized spacial score (nSPS) is 13.0. The monoisotopic (exact) mass is 390 g/mol. The zero-order valence-corrected chi connectivity index (χ0v) is 16.0. The Bertz CT molecular complexity index is 1030. The number of ether oxygens (including phenoxy) is 2. The number of anilines is 1. The molecule has 1 aliphatic heterocycles. The Balaban J connectivity index is 1.23. The maximum atomic E-state index is 12.2. The fraction of sp³-hybridized carbons (Fsp3) is 0.217. The molecule has 6 nitrogen and oxygen atoms in total. The molecule has 1 heterocycles. The van der Waals surface area contributed by atoms with E-state index in [4.69, 9.17) is 9.47 Å². The topological polar surface area (TPSA) is 67.9 Å². The number of rotatable bonds is 7. The predicted octanol–water partition coefficient (Wildman–Crippen LogP) is 3.15. The fourth-order valence-electron chi connectivity index (χ4n) is 3.32. The number of hydrogen-bond donors (Lipinski definition) is 1. The van der Waals surface area contributed by atoms with Gasteiger partial charge in [0.1, 0.15) is 18.1 Å². The Hall–Kier alpha value is -3.54. The van der Waals surface area contributed by atoms with Crippen LogP contribution in [0.1, 0.15) is 6.42 Å². The molecule has 3 aromatic carbocycles. The summed E-state index contributed by atoms with van der Waals surface area (Å²) in [7, 11) is 0. The van der Waals surface area contributed by atoms with Gasteiger partial charge in [0, 0.05) is 13.0 Å². The molecule has 0 fully saturated rings. The van der Waals surface area contributed by atoms with Crippen LogP contribution in [-0.4, -0.2) is 38.1 Å². The molecule has 0 saturated carbocycles. The molecule has 0 saturated heterocycles. The minimum atomic E-state index is -0.142. The van der Waals surface area contributed by atoms with Gasteiger partial charge in [0.15, 0.2) is 6.61 Å². The van der Waals surface area contributed by atoms with Gasteiger partial charge in [-0.3, -0.25) is 9.59 Å². The summed E-state index contributed by atoms with van der Waals surface area (Å²) >= 11 is 0. The first-order valence-electron chi connectivity index (χ1n) is 9.61. The molecule has 4 rings (SSSR count). The lowest BCUT2D eigenvalue weighted by Crippen LogP contribution is -2.41. The van der Waals surface area contributed by atoms with Crippen LogP contribution in [0.3, 0.4) is 0 Å². The van der Waals surface area contributed by atoms with Gasteiger partial charge >= 0.3 is 0 Å². The third-order valence-electron chi connectivity index (χ3n) is 4.78. The van der Waals surface area contributed by atoms with Gasteiger partial charge in [0.25, 0.3) is 5.91 Å². The second kappa shape index (κ2) is 8.65. The highest BCUT2D eigenvalue weighted by molar-refractivity contribution is 5.98. The molecule has 1 N–H and O–H groups in total. The van der Waals surface area contributed by atoms with Crippen LogP contribution in [0.2, 0.25) is 0 Å². The van der Waals surface area contributed by atoms with Crippen LogP contribution >= 0.6 is 0 Å². The second-order valence-corrected chi connectivity index (χ2v) is 6.76. The summed E-state index contributed by atoms with van der Waals surface area (Å²) in [4.78, 5) is 25.9. The molecule has 0 unspecified atom stereocenters. The van der Waals surface area contributed by atoms with Gasteiger partial charge < -0.3 is 19.7 Å². The minimum absolute atomic E-state index is 0.00176. The number of carbonyl (C=O) groups is 2. The van der Waals surface area contributed by atoms with Crippen molar-refractivity contribution in [2.24, 2.45) is 0 Å². The number of amides is 2. The zero-order valence-electron chi connectivity index (χ0n) is 16.0. The quantitative estimate of drug-likeness (QED) is 0.630. The molecule has 0 aromatic heterocycles. The molecule has 0 bridgehead atoms. The molecule has 0 atom stereocenters. The van der Waals surface area contributed by atoms with Gasteiger partial charge in [-0.2, -0.15) is 0 Å². The van der Waals surface area contributed by atoms with Gasteiger partial charge in [-0.15, -0.1) is 0 Å². The van der Waals surface area contributed by atoms with E-state index in [1.54, 1.807) is 4.90 Å². The number of nitrogens with one attached hydrogen (secondary N) is 1. The maximum Gasteiger partial charge on any atom is 0.265 e. The third-order valence-corrected chi connectivity index (χ3v) is 4.78. The van der Waals surface area contributed by atoms with Crippen LogP contribution < -0.4 is 19.7 Å². The molecule has 0 radical (unpaired) electrons. The van der Waals surface area contributed by atoms with Crippen molar-refractivity contribution >= 4 is 28.3 Å². The second-order valence-electron chi connectivity index (χ2n) is 6.76. The van der Waals surface area contributed by atoms with E-state index in [1.165, 1.54) is 0 Å². The molecule has 1 aliphatic rings. The number of carbonyl (C=O) groups excluding carboxylic acids is 2. The Labute approximate surface area is 169 Å². The number of para-hydroxylation sites is 2. The van der Waals surface area contributed by atoms with E-state index >= 15 is 0 Å². The van der Waals surface area contributed by atoms with Crippen LogP contribution in [0.5, 0.6) is 11.5 Å². The molecule has 148 valence electrons. The Morgan fingerprint density at radius 1 is 1.03 bits per heavy atom. The summed E-state index contributed by atoms with van der Waals surface area (Å²) in [6, 6.07) is 21.3. The van der Waals surface area contributed by atoms with Crippen molar-refractivity contribution in [3.63, 3.8) is 0 Å².